The van der Waals surface area contributed by atoms with E-state index in [1.807, 2.05) is 13.0 Å². The normalized spacial score (nSPS) is 29.1. The van der Waals surface area contributed by atoms with Crippen LogP contribution in [-0.4, -0.2) is 52.8 Å². The number of halogens is 1. The summed E-state index contributed by atoms with van der Waals surface area (Å²) >= 11 is 6.09. The van der Waals surface area contributed by atoms with E-state index >= 15 is 0 Å². The quantitative estimate of drug-likeness (QED) is 0.876. The van der Waals surface area contributed by atoms with Gasteiger partial charge in [-0.3, -0.25) is 14.4 Å². The molecule has 1 aromatic carbocycles. The number of carbonyl (C=O) groups is 3. The SMILES string of the molecule is CC1CC(C(=O)O)CN(C(=O)C2CC(=O)N(C)C2c2cccc(Cl)c2)C1. The van der Waals surface area contributed by atoms with Crippen molar-refractivity contribution >= 4 is 29.4 Å². The zero-order chi connectivity index (χ0) is 19.0. The lowest BCUT2D eigenvalue weighted by atomic mass is 9.87. The summed E-state index contributed by atoms with van der Waals surface area (Å²) in [7, 11) is 1.69. The topological polar surface area (TPSA) is 77.9 Å². The molecule has 7 heteroatoms. The number of rotatable bonds is 3. The number of aliphatic carboxylic acids is 1. The van der Waals surface area contributed by atoms with Crippen LogP contribution < -0.4 is 0 Å². The smallest absolute Gasteiger partial charge is 0.308 e. The Morgan fingerprint density at radius 2 is 2.00 bits per heavy atom. The second kappa shape index (κ2) is 7.27. The molecule has 3 rings (SSSR count). The van der Waals surface area contributed by atoms with Gasteiger partial charge in [0.25, 0.3) is 0 Å². The van der Waals surface area contributed by atoms with Gasteiger partial charge < -0.3 is 14.9 Å². The lowest BCUT2D eigenvalue weighted by Crippen LogP contribution is -2.48. The number of carboxylic acids is 1. The summed E-state index contributed by atoms with van der Waals surface area (Å²) in [6.07, 6.45) is 0.704. The molecule has 6 nitrogen and oxygen atoms in total. The van der Waals surface area contributed by atoms with Crippen molar-refractivity contribution in [2.75, 3.05) is 20.1 Å². The monoisotopic (exact) mass is 378 g/mol. The van der Waals surface area contributed by atoms with Crippen LogP contribution in [0.3, 0.4) is 0 Å². The van der Waals surface area contributed by atoms with Crippen LogP contribution in [0, 0.1) is 17.8 Å². The predicted octanol–water partition coefficient (Wildman–Crippen LogP) is 2.43. The number of hydrogen-bond acceptors (Lipinski definition) is 3. The Labute approximate surface area is 157 Å². The maximum atomic E-state index is 13.2. The first-order valence-corrected chi connectivity index (χ1v) is 9.18. The number of benzene rings is 1. The van der Waals surface area contributed by atoms with Crippen molar-refractivity contribution in [3.8, 4) is 0 Å². The molecule has 2 amide bonds. The van der Waals surface area contributed by atoms with E-state index in [0.29, 0.717) is 18.0 Å². The lowest BCUT2D eigenvalue weighted by molar-refractivity contribution is -0.148. The summed E-state index contributed by atoms with van der Waals surface area (Å²) in [5, 5.41) is 9.91. The summed E-state index contributed by atoms with van der Waals surface area (Å²) in [5.41, 5.74) is 0.823. The number of likely N-dealkylation sites (tertiary alicyclic amines) is 2. The Balaban J connectivity index is 1.87. The number of carboxylic acid groups (broad SMARTS) is 1. The predicted molar refractivity (Wildman–Crippen MR) is 96.6 cm³/mol. The Bertz CT molecular complexity index is 738. The highest BCUT2D eigenvalue weighted by Gasteiger charge is 2.45. The van der Waals surface area contributed by atoms with Gasteiger partial charge in [0.1, 0.15) is 0 Å². The molecule has 2 aliphatic rings. The van der Waals surface area contributed by atoms with Gasteiger partial charge in [-0.25, -0.2) is 0 Å². The van der Waals surface area contributed by atoms with Crippen LogP contribution in [0.15, 0.2) is 24.3 Å². The largest absolute Gasteiger partial charge is 0.481 e. The van der Waals surface area contributed by atoms with Gasteiger partial charge in [0.15, 0.2) is 0 Å². The van der Waals surface area contributed by atoms with Crippen molar-refractivity contribution in [1.82, 2.24) is 9.80 Å². The lowest BCUT2D eigenvalue weighted by Gasteiger charge is -2.37. The average Bonchev–Trinajstić information content (AvgIpc) is 2.88. The highest BCUT2D eigenvalue weighted by atomic mass is 35.5. The van der Waals surface area contributed by atoms with Crippen molar-refractivity contribution in [2.45, 2.75) is 25.8 Å². The van der Waals surface area contributed by atoms with Crippen LogP contribution in [0.4, 0.5) is 0 Å². The molecule has 0 aromatic heterocycles. The molecule has 4 atom stereocenters. The highest BCUT2D eigenvalue weighted by molar-refractivity contribution is 6.30. The van der Waals surface area contributed by atoms with Crippen LogP contribution in [-0.2, 0) is 14.4 Å². The van der Waals surface area contributed by atoms with Gasteiger partial charge in [0, 0.05) is 31.6 Å². The van der Waals surface area contributed by atoms with Gasteiger partial charge in [0.2, 0.25) is 11.8 Å². The third-order valence-corrected chi connectivity index (χ3v) is 5.65. The first-order valence-electron chi connectivity index (χ1n) is 8.80. The van der Waals surface area contributed by atoms with Crippen LogP contribution in [0.5, 0.6) is 0 Å². The van der Waals surface area contributed by atoms with Crippen LogP contribution in [0.25, 0.3) is 0 Å². The van der Waals surface area contributed by atoms with E-state index in [-0.39, 0.29) is 36.7 Å². The zero-order valence-corrected chi connectivity index (χ0v) is 15.6. The number of carbonyl (C=O) groups excluding carboxylic acids is 2. The van der Waals surface area contributed by atoms with Crippen molar-refractivity contribution in [1.29, 1.82) is 0 Å². The van der Waals surface area contributed by atoms with Gasteiger partial charge >= 0.3 is 5.97 Å². The molecule has 2 aliphatic heterocycles. The summed E-state index contributed by atoms with van der Waals surface area (Å²) < 4.78 is 0. The minimum atomic E-state index is -0.875. The summed E-state index contributed by atoms with van der Waals surface area (Å²) in [5.74, 6) is -2.07. The molecule has 0 radical (unpaired) electrons. The number of nitrogens with zero attached hydrogens (tertiary/aromatic N) is 2. The van der Waals surface area contributed by atoms with Crippen LogP contribution in [0.1, 0.15) is 31.4 Å². The fourth-order valence-electron chi connectivity index (χ4n) is 4.18. The second-order valence-electron chi connectivity index (χ2n) is 7.43. The average molecular weight is 379 g/mol. The molecule has 26 heavy (non-hydrogen) atoms. The molecule has 2 fully saturated rings. The van der Waals surface area contributed by atoms with Gasteiger partial charge in [-0.2, -0.15) is 0 Å². The first kappa shape index (κ1) is 18.7. The van der Waals surface area contributed by atoms with Gasteiger partial charge in [-0.1, -0.05) is 30.7 Å². The van der Waals surface area contributed by atoms with E-state index < -0.39 is 17.8 Å². The summed E-state index contributed by atoms with van der Waals surface area (Å²) in [6.45, 7) is 2.68. The maximum absolute atomic E-state index is 13.2. The van der Waals surface area contributed by atoms with E-state index in [2.05, 4.69) is 0 Å². The van der Waals surface area contributed by atoms with E-state index in [0.717, 1.165) is 5.56 Å². The Hall–Kier alpha value is -2.08. The highest BCUT2D eigenvalue weighted by Crippen LogP contribution is 2.39. The molecule has 140 valence electrons. The molecule has 2 saturated heterocycles. The Kier molecular flexibility index (Phi) is 5.23. The first-order chi connectivity index (χ1) is 12.3. The maximum Gasteiger partial charge on any atom is 0.308 e. The fraction of sp³-hybridized carbons (Fsp3) is 0.526. The molecule has 0 aliphatic carbocycles. The van der Waals surface area contributed by atoms with Crippen molar-refractivity contribution in [3.05, 3.63) is 34.9 Å². The Morgan fingerprint density at radius 1 is 1.27 bits per heavy atom. The summed E-state index contributed by atoms with van der Waals surface area (Å²) in [4.78, 5) is 40.1. The molecule has 0 spiro atoms. The molecule has 1 N–H and O–H groups in total. The van der Waals surface area contributed by atoms with E-state index in [4.69, 9.17) is 11.6 Å². The molecule has 2 heterocycles. The van der Waals surface area contributed by atoms with Crippen molar-refractivity contribution in [3.63, 3.8) is 0 Å². The molecule has 1 aromatic rings. The summed E-state index contributed by atoms with van der Waals surface area (Å²) in [6, 6.07) is 6.82. The zero-order valence-electron chi connectivity index (χ0n) is 14.9. The molecular formula is C19H23ClN2O4. The van der Waals surface area contributed by atoms with Gasteiger partial charge in [0.05, 0.1) is 17.9 Å². The third kappa shape index (κ3) is 3.56. The molecule has 4 unspecified atom stereocenters. The minimum absolute atomic E-state index is 0.0897. The molecule has 0 saturated carbocycles. The van der Waals surface area contributed by atoms with Crippen molar-refractivity contribution < 1.29 is 19.5 Å². The van der Waals surface area contributed by atoms with E-state index in [1.165, 1.54) is 0 Å². The number of amides is 2. The second-order valence-corrected chi connectivity index (χ2v) is 7.87. The van der Waals surface area contributed by atoms with Crippen LogP contribution >= 0.6 is 11.6 Å². The minimum Gasteiger partial charge on any atom is -0.481 e. The van der Waals surface area contributed by atoms with E-state index in [9.17, 15) is 19.5 Å². The number of hydrogen-bond donors (Lipinski definition) is 1. The van der Waals surface area contributed by atoms with Crippen molar-refractivity contribution in [2.24, 2.45) is 17.8 Å². The van der Waals surface area contributed by atoms with Gasteiger partial charge in [-0.05, 0) is 30.0 Å². The molecular weight excluding hydrogens is 356 g/mol. The third-order valence-electron chi connectivity index (χ3n) is 5.41. The Morgan fingerprint density at radius 3 is 2.65 bits per heavy atom. The van der Waals surface area contributed by atoms with Gasteiger partial charge in [-0.15, -0.1) is 0 Å². The number of piperidine rings is 1. The van der Waals surface area contributed by atoms with Crippen LogP contribution in [0.2, 0.25) is 5.02 Å². The molecule has 0 bridgehead atoms. The van der Waals surface area contributed by atoms with E-state index in [1.54, 1.807) is 35.0 Å². The standard InChI is InChI=1S/C19H23ClN2O4/c1-11-6-13(19(25)26)10-22(9-11)18(24)15-8-16(23)21(2)17(15)12-4-3-5-14(20)7-12/h3-5,7,11,13,15,17H,6,8-10H2,1-2H3,(H,25,26). The fourth-order valence-corrected chi connectivity index (χ4v) is 4.38.